The number of benzene rings is 4. The minimum atomic E-state index is -0.880. The SMILES string of the molecule is C=CC(=O)N1CCN(c2nc(NCCC(=O)NCC3CCN(C(=O)C4CCN(Cc5ccc(N(C(=N)c6cc(C(C)C)c(O)cc6O)C(N)=O)cc5)CC4)CC3)nc3c2CCN(c2cccc4ccccc24)C3)C[C@H]1CC#N. The molecule has 0 unspecified atom stereocenters. The second-order valence-corrected chi connectivity index (χ2v) is 21.2. The number of carbonyl (C=O) groups is 4. The van der Waals surface area contributed by atoms with E-state index in [-0.39, 0.29) is 77.3 Å². The molecule has 4 aliphatic heterocycles. The fraction of sp³-hybridized carbons (Fsp3) is 0.424. The topological polar surface area (TPSA) is 252 Å². The van der Waals surface area contributed by atoms with Crippen molar-refractivity contribution >= 4 is 63.5 Å². The molecule has 0 spiro atoms. The van der Waals surface area contributed by atoms with Crippen molar-refractivity contribution in [1.82, 2.24) is 30.0 Å². The lowest BCUT2D eigenvalue weighted by atomic mass is 9.92. The molecule has 19 nitrogen and oxygen atoms in total. The maximum atomic E-state index is 13.7. The summed E-state index contributed by atoms with van der Waals surface area (Å²) in [6, 6.07) is 25.7. The molecular formula is C59H71N13O6. The Labute approximate surface area is 455 Å². The van der Waals surface area contributed by atoms with Gasteiger partial charge in [-0.05, 0) is 104 Å². The summed E-state index contributed by atoms with van der Waals surface area (Å²) in [4.78, 5) is 74.0. The first kappa shape index (κ1) is 54.5. The number of primary amides is 1. The number of likely N-dealkylation sites (tertiary alicyclic amines) is 2. The van der Waals surface area contributed by atoms with E-state index in [2.05, 4.69) is 74.4 Å². The van der Waals surface area contributed by atoms with Crippen LogP contribution in [-0.2, 0) is 33.9 Å². The number of nitrogens with two attached hydrogens (primary N) is 1. The molecule has 7 N–H and O–H groups in total. The summed E-state index contributed by atoms with van der Waals surface area (Å²) >= 11 is 0. The van der Waals surface area contributed by atoms with E-state index in [0.717, 1.165) is 78.5 Å². The number of anilines is 4. The van der Waals surface area contributed by atoms with Gasteiger partial charge in [-0.15, -0.1) is 0 Å². The Bertz CT molecular complexity index is 3080. The third-order valence-electron chi connectivity index (χ3n) is 15.9. The van der Waals surface area contributed by atoms with Crippen molar-refractivity contribution in [1.29, 1.82) is 10.7 Å². The van der Waals surface area contributed by atoms with Crippen molar-refractivity contribution in [3.8, 4) is 17.6 Å². The van der Waals surface area contributed by atoms with Gasteiger partial charge in [-0.25, -0.2) is 14.7 Å². The van der Waals surface area contributed by atoms with Crippen LogP contribution in [0.25, 0.3) is 10.8 Å². The maximum absolute atomic E-state index is 13.7. The average molecular weight is 1060 g/mol. The van der Waals surface area contributed by atoms with Gasteiger partial charge in [0.25, 0.3) is 0 Å². The zero-order valence-corrected chi connectivity index (χ0v) is 44.7. The highest BCUT2D eigenvalue weighted by atomic mass is 16.3. The van der Waals surface area contributed by atoms with Crippen LogP contribution in [0, 0.1) is 28.6 Å². The molecule has 0 radical (unpaired) electrons. The second-order valence-electron chi connectivity index (χ2n) is 21.2. The van der Waals surface area contributed by atoms with Gasteiger partial charge < -0.3 is 46.2 Å². The van der Waals surface area contributed by atoms with E-state index < -0.39 is 6.03 Å². The van der Waals surface area contributed by atoms with Crippen LogP contribution in [0.5, 0.6) is 11.5 Å². The molecule has 9 rings (SSSR count). The number of aromatic hydroxyl groups is 2. The summed E-state index contributed by atoms with van der Waals surface area (Å²) in [5.74, 6) is 0.549. The number of amidine groups is 1. The van der Waals surface area contributed by atoms with Crippen LogP contribution in [0.4, 0.5) is 27.9 Å². The molecule has 0 aliphatic carbocycles. The van der Waals surface area contributed by atoms with Crippen LogP contribution in [0.2, 0.25) is 0 Å². The zero-order chi connectivity index (χ0) is 55.0. The number of carbonyl (C=O) groups excluding carboxylic acids is 4. The number of nitrogens with zero attached hydrogens (tertiary/aromatic N) is 9. The van der Waals surface area contributed by atoms with Crippen LogP contribution in [0.15, 0.2) is 91.5 Å². The Morgan fingerprint density at radius 1 is 0.910 bits per heavy atom. The van der Waals surface area contributed by atoms with Gasteiger partial charge in [0.15, 0.2) is 0 Å². The Balaban J connectivity index is 0.735. The van der Waals surface area contributed by atoms with Crippen molar-refractivity contribution in [3.05, 3.63) is 119 Å². The largest absolute Gasteiger partial charge is 0.508 e. The number of amides is 5. The molecule has 408 valence electrons. The number of nitriles is 1. The average Bonchev–Trinajstić information content (AvgIpc) is 3.54. The number of rotatable bonds is 16. The number of urea groups is 1. The molecule has 5 amide bonds. The van der Waals surface area contributed by atoms with Gasteiger partial charge >= 0.3 is 6.03 Å². The zero-order valence-electron chi connectivity index (χ0n) is 44.7. The Hall–Kier alpha value is -8.24. The summed E-state index contributed by atoms with van der Waals surface area (Å²) in [6.45, 7) is 14.6. The Kier molecular flexibility index (Phi) is 17.1. The predicted molar refractivity (Wildman–Crippen MR) is 301 cm³/mol. The first-order valence-electron chi connectivity index (χ1n) is 27.2. The van der Waals surface area contributed by atoms with Crippen LogP contribution < -0.4 is 31.1 Å². The lowest BCUT2D eigenvalue weighted by Gasteiger charge is -2.42. The molecule has 4 aromatic carbocycles. The van der Waals surface area contributed by atoms with Crippen molar-refractivity contribution in [2.24, 2.45) is 17.6 Å². The standard InChI is InChI=1S/C59H71N13O6/c1-4-54(76)71-31-30-70(36-44(71)16-23-60)56-46-22-29-69(50-11-7-9-41-8-5-6-10-45(41)50)37-49(46)65-59(66-56)63-24-17-53(75)64-34-39-18-27-68(28-19-39)57(77)42-20-25-67(26-21-42)35-40-12-14-43(15-13-40)72(58(62)78)55(61)48-32-47(38(2)3)51(73)33-52(48)74/h4-15,32-33,38-39,42,44,61,73-74H,1,16-22,24-31,34-37H2,2-3H3,(H2,62,78)(H,64,75)(H,63,65,66)/t44-/m1/s1. The smallest absolute Gasteiger partial charge is 0.325 e. The number of piperazine rings is 1. The summed E-state index contributed by atoms with van der Waals surface area (Å²) < 4.78 is 0. The number of phenols is 2. The monoisotopic (exact) mass is 1060 g/mol. The first-order chi connectivity index (χ1) is 37.7. The van der Waals surface area contributed by atoms with E-state index in [0.29, 0.717) is 82.5 Å². The van der Waals surface area contributed by atoms with E-state index in [1.54, 1.807) is 17.0 Å². The third-order valence-corrected chi connectivity index (χ3v) is 15.9. The number of hydrogen-bond acceptors (Lipinski definition) is 14. The van der Waals surface area contributed by atoms with E-state index in [1.165, 1.54) is 29.0 Å². The molecule has 1 atom stereocenters. The molecule has 4 aliphatic rings. The lowest BCUT2D eigenvalue weighted by molar-refractivity contribution is -0.138. The summed E-state index contributed by atoms with van der Waals surface area (Å²) in [5.41, 5.74) is 10.8. The fourth-order valence-corrected chi connectivity index (χ4v) is 11.5. The minimum Gasteiger partial charge on any atom is -0.508 e. The van der Waals surface area contributed by atoms with Gasteiger partial charge in [-0.2, -0.15) is 10.2 Å². The molecule has 0 saturated carbocycles. The molecule has 19 heteroatoms. The minimum absolute atomic E-state index is 0.0490. The van der Waals surface area contributed by atoms with Crippen LogP contribution in [-0.4, -0.2) is 136 Å². The fourth-order valence-electron chi connectivity index (χ4n) is 11.5. The number of aromatic nitrogens is 2. The highest BCUT2D eigenvalue weighted by molar-refractivity contribution is 6.22. The summed E-state index contributed by atoms with van der Waals surface area (Å²) in [7, 11) is 0. The summed E-state index contributed by atoms with van der Waals surface area (Å²) in [6.07, 6.45) is 5.56. The number of phenolic OH excluding ortho intramolecular Hbond substituents is 2. The number of piperidine rings is 2. The second kappa shape index (κ2) is 24.4. The maximum Gasteiger partial charge on any atom is 0.325 e. The molecule has 0 bridgehead atoms. The highest BCUT2D eigenvalue weighted by Gasteiger charge is 2.35. The van der Waals surface area contributed by atoms with Crippen molar-refractivity contribution in [2.75, 3.05) is 85.5 Å². The van der Waals surface area contributed by atoms with Gasteiger partial charge in [-0.1, -0.05) is 69.0 Å². The van der Waals surface area contributed by atoms with E-state index >= 15 is 0 Å². The van der Waals surface area contributed by atoms with Crippen LogP contribution >= 0.6 is 0 Å². The third kappa shape index (κ3) is 12.3. The molecule has 78 heavy (non-hydrogen) atoms. The highest BCUT2D eigenvalue weighted by Crippen LogP contribution is 2.36. The Morgan fingerprint density at radius 3 is 2.37 bits per heavy atom. The van der Waals surface area contributed by atoms with Gasteiger partial charge in [0, 0.05) is 93.9 Å². The van der Waals surface area contributed by atoms with Gasteiger partial charge in [0.1, 0.15) is 23.2 Å². The quantitative estimate of drug-likeness (QED) is 0.0338. The van der Waals surface area contributed by atoms with Crippen LogP contribution in [0.3, 0.4) is 0 Å². The van der Waals surface area contributed by atoms with E-state index in [4.69, 9.17) is 21.1 Å². The molecule has 3 saturated heterocycles. The van der Waals surface area contributed by atoms with Gasteiger partial charge in [-0.3, -0.25) is 24.7 Å². The van der Waals surface area contributed by atoms with Crippen molar-refractivity contribution < 1.29 is 29.4 Å². The molecule has 5 aromatic rings. The summed E-state index contributed by atoms with van der Waals surface area (Å²) in [5, 5.41) is 48.2. The van der Waals surface area contributed by atoms with Crippen molar-refractivity contribution in [3.63, 3.8) is 0 Å². The van der Waals surface area contributed by atoms with Gasteiger partial charge in [0.05, 0.1) is 42.0 Å². The number of hydrogen-bond donors (Lipinski definition) is 6. The number of nitrogens with one attached hydrogen (secondary N) is 3. The molecule has 5 heterocycles. The molecule has 1 aromatic heterocycles. The molecular weight excluding hydrogens is 987 g/mol. The number of fused-ring (bicyclic) bond motifs is 2. The predicted octanol–water partition coefficient (Wildman–Crippen LogP) is 6.82. The lowest BCUT2D eigenvalue weighted by Crippen LogP contribution is -2.55. The van der Waals surface area contributed by atoms with E-state index in [1.807, 2.05) is 36.9 Å². The molecule has 3 fully saturated rings. The first-order valence-corrected chi connectivity index (χ1v) is 27.2. The van der Waals surface area contributed by atoms with Crippen LogP contribution in [0.1, 0.15) is 86.2 Å². The normalized spacial score (nSPS) is 17.3. The van der Waals surface area contributed by atoms with Crippen molar-refractivity contribution in [2.45, 2.75) is 83.8 Å². The Morgan fingerprint density at radius 2 is 1.65 bits per heavy atom. The van der Waals surface area contributed by atoms with E-state index in [9.17, 15) is 34.7 Å². The van der Waals surface area contributed by atoms with Gasteiger partial charge in [0.2, 0.25) is 23.7 Å².